The van der Waals surface area contributed by atoms with E-state index in [1.807, 2.05) is 13.0 Å². The number of carbonyl (C=O) groups excluding carboxylic acids is 1. The lowest BCUT2D eigenvalue weighted by Gasteiger charge is -2.23. The third-order valence-corrected chi connectivity index (χ3v) is 4.46. The number of fused-ring (bicyclic) bond motifs is 1. The number of ether oxygens (including phenoxy) is 2. The number of halogens is 1. The molecule has 25 heavy (non-hydrogen) atoms. The first-order valence-electron chi connectivity index (χ1n) is 8.27. The molecule has 1 amide bonds. The Morgan fingerprint density at radius 3 is 2.64 bits per heavy atom. The van der Waals surface area contributed by atoms with Crippen molar-refractivity contribution >= 4 is 27.5 Å². The first kappa shape index (κ1) is 17.8. The van der Waals surface area contributed by atoms with Crippen LogP contribution in [0.4, 0.5) is 5.69 Å². The van der Waals surface area contributed by atoms with Gasteiger partial charge in [0, 0.05) is 21.7 Å². The number of nitrogens with one attached hydrogen (secondary N) is 1. The lowest BCUT2D eigenvalue weighted by Crippen LogP contribution is -2.18. The van der Waals surface area contributed by atoms with Crippen LogP contribution in [0.25, 0.3) is 0 Å². The molecule has 132 valence electrons. The van der Waals surface area contributed by atoms with Gasteiger partial charge in [0.05, 0.1) is 11.8 Å². The zero-order valence-electron chi connectivity index (χ0n) is 13.9. The Bertz CT molecular complexity index is 778. The van der Waals surface area contributed by atoms with Crippen LogP contribution in [-0.2, 0) is 0 Å². The van der Waals surface area contributed by atoms with Crippen LogP contribution in [0.15, 0.2) is 40.9 Å². The molecule has 5 nitrogen and oxygen atoms in total. The number of benzene rings is 2. The maximum absolute atomic E-state index is 12.6. The molecular formula is C19H20BrNO4. The summed E-state index contributed by atoms with van der Waals surface area (Å²) < 4.78 is 12.0. The van der Waals surface area contributed by atoms with Crippen molar-refractivity contribution in [1.29, 1.82) is 0 Å². The molecule has 1 atom stereocenters. The summed E-state index contributed by atoms with van der Waals surface area (Å²) in [5, 5.41) is 13.4. The Kier molecular flexibility index (Phi) is 5.60. The average Bonchev–Trinajstić information content (AvgIpc) is 2.61. The van der Waals surface area contributed by atoms with Crippen molar-refractivity contribution in [3.05, 3.63) is 52.0 Å². The van der Waals surface area contributed by atoms with Gasteiger partial charge in [-0.2, -0.15) is 0 Å². The zero-order chi connectivity index (χ0) is 17.8. The van der Waals surface area contributed by atoms with Crippen LogP contribution in [-0.4, -0.2) is 24.2 Å². The van der Waals surface area contributed by atoms with E-state index in [0.29, 0.717) is 47.9 Å². The molecule has 0 saturated heterocycles. The molecule has 3 rings (SSSR count). The van der Waals surface area contributed by atoms with Crippen molar-refractivity contribution in [3.63, 3.8) is 0 Å². The number of carbonyl (C=O) groups is 1. The van der Waals surface area contributed by atoms with Gasteiger partial charge in [0.2, 0.25) is 0 Å². The standard InChI is InChI=1S/C19H20BrNO4/c1-2-4-16(22)14-10-17-18(25-8-7-24-17)11-15(14)21-19(23)12-5-3-6-13(20)9-12/h3,5-6,9-11,16,22H,2,4,7-8H2,1H3,(H,21,23). The predicted octanol–water partition coefficient (Wildman–Crippen LogP) is 4.31. The minimum atomic E-state index is -0.682. The molecule has 1 aliphatic rings. The van der Waals surface area contributed by atoms with Crippen molar-refractivity contribution < 1.29 is 19.4 Å². The van der Waals surface area contributed by atoms with Gasteiger partial charge in [-0.1, -0.05) is 35.3 Å². The second-order valence-corrected chi connectivity index (χ2v) is 6.77. The van der Waals surface area contributed by atoms with Crippen LogP contribution in [0.2, 0.25) is 0 Å². The van der Waals surface area contributed by atoms with Crippen LogP contribution in [0.1, 0.15) is 41.8 Å². The maximum Gasteiger partial charge on any atom is 0.255 e. The minimum absolute atomic E-state index is 0.247. The Labute approximate surface area is 155 Å². The third kappa shape index (κ3) is 4.14. The normalized spacial score (nSPS) is 14.0. The quantitative estimate of drug-likeness (QED) is 0.777. The summed E-state index contributed by atoms with van der Waals surface area (Å²) in [6.45, 7) is 2.93. The number of hydrogen-bond donors (Lipinski definition) is 2. The largest absolute Gasteiger partial charge is 0.486 e. The molecule has 6 heteroatoms. The van der Waals surface area contributed by atoms with E-state index in [4.69, 9.17) is 9.47 Å². The van der Waals surface area contributed by atoms with Gasteiger partial charge in [-0.05, 0) is 30.7 Å². The highest BCUT2D eigenvalue weighted by Crippen LogP contribution is 2.39. The van der Waals surface area contributed by atoms with Crippen LogP contribution in [0, 0.1) is 0 Å². The number of aliphatic hydroxyl groups is 1. The number of aliphatic hydroxyl groups excluding tert-OH is 1. The molecule has 0 spiro atoms. The van der Waals surface area contributed by atoms with Gasteiger partial charge in [0.15, 0.2) is 11.5 Å². The number of hydrogen-bond acceptors (Lipinski definition) is 4. The molecule has 0 fully saturated rings. The Morgan fingerprint density at radius 2 is 1.96 bits per heavy atom. The summed E-state index contributed by atoms with van der Waals surface area (Å²) in [7, 11) is 0. The zero-order valence-corrected chi connectivity index (χ0v) is 15.5. The van der Waals surface area contributed by atoms with Crippen LogP contribution in [0.5, 0.6) is 11.5 Å². The van der Waals surface area contributed by atoms with Gasteiger partial charge in [0.25, 0.3) is 5.91 Å². The second kappa shape index (κ2) is 7.89. The predicted molar refractivity (Wildman–Crippen MR) is 99.4 cm³/mol. The lowest BCUT2D eigenvalue weighted by atomic mass is 10.0. The van der Waals surface area contributed by atoms with Gasteiger partial charge < -0.3 is 19.9 Å². The van der Waals surface area contributed by atoms with E-state index in [1.165, 1.54) is 0 Å². The Morgan fingerprint density at radius 1 is 1.24 bits per heavy atom. The molecule has 1 unspecified atom stereocenters. The lowest BCUT2D eigenvalue weighted by molar-refractivity contribution is 0.102. The highest BCUT2D eigenvalue weighted by atomic mass is 79.9. The van der Waals surface area contributed by atoms with Crippen molar-refractivity contribution in [3.8, 4) is 11.5 Å². The van der Waals surface area contributed by atoms with Gasteiger partial charge in [-0.25, -0.2) is 0 Å². The molecule has 2 aromatic rings. The maximum atomic E-state index is 12.6. The minimum Gasteiger partial charge on any atom is -0.486 e. The average molecular weight is 406 g/mol. The molecule has 0 radical (unpaired) electrons. The van der Waals surface area contributed by atoms with E-state index in [-0.39, 0.29) is 5.91 Å². The van der Waals surface area contributed by atoms with Crippen molar-refractivity contribution in [2.75, 3.05) is 18.5 Å². The number of rotatable bonds is 5. The van der Waals surface area contributed by atoms with Crippen molar-refractivity contribution in [2.24, 2.45) is 0 Å². The highest BCUT2D eigenvalue weighted by molar-refractivity contribution is 9.10. The van der Waals surface area contributed by atoms with Gasteiger partial charge in [-0.15, -0.1) is 0 Å². The second-order valence-electron chi connectivity index (χ2n) is 5.85. The van der Waals surface area contributed by atoms with Gasteiger partial charge >= 0.3 is 0 Å². The fourth-order valence-corrected chi connectivity index (χ4v) is 3.14. The van der Waals surface area contributed by atoms with Gasteiger partial charge in [-0.3, -0.25) is 4.79 Å². The summed E-state index contributed by atoms with van der Waals surface area (Å²) in [6.07, 6.45) is 0.743. The Balaban J connectivity index is 1.94. The monoisotopic (exact) mass is 405 g/mol. The van der Waals surface area contributed by atoms with Crippen LogP contribution >= 0.6 is 15.9 Å². The summed E-state index contributed by atoms with van der Waals surface area (Å²) in [4.78, 5) is 12.6. The SMILES string of the molecule is CCCC(O)c1cc2c(cc1NC(=O)c1cccc(Br)c1)OCCO2. The molecule has 1 aliphatic heterocycles. The van der Waals surface area contributed by atoms with E-state index in [1.54, 1.807) is 30.3 Å². The molecule has 2 aromatic carbocycles. The Hall–Kier alpha value is -2.05. The first-order chi connectivity index (χ1) is 12.1. The molecular weight excluding hydrogens is 386 g/mol. The number of amides is 1. The highest BCUT2D eigenvalue weighted by Gasteiger charge is 2.21. The molecule has 0 aromatic heterocycles. The summed E-state index contributed by atoms with van der Waals surface area (Å²) in [6, 6.07) is 10.6. The van der Waals surface area contributed by atoms with Crippen LogP contribution in [0.3, 0.4) is 0 Å². The van der Waals surface area contributed by atoms with E-state index >= 15 is 0 Å². The molecule has 0 bridgehead atoms. The summed E-state index contributed by atoms with van der Waals surface area (Å²) in [5.74, 6) is 0.919. The first-order valence-corrected chi connectivity index (χ1v) is 9.06. The smallest absolute Gasteiger partial charge is 0.255 e. The fourth-order valence-electron chi connectivity index (χ4n) is 2.74. The van der Waals surface area contributed by atoms with E-state index in [2.05, 4.69) is 21.2 Å². The summed E-state index contributed by atoms with van der Waals surface area (Å²) in [5.41, 5.74) is 1.70. The molecule has 0 aliphatic carbocycles. The third-order valence-electron chi connectivity index (χ3n) is 3.97. The topological polar surface area (TPSA) is 67.8 Å². The van der Waals surface area contributed by atoms with Gasteiger partial charge in [0.1, 0.15) is 13.2 Å². The van der Waals surface area contributed by atoms with E-state index in [9.17, 15) is 9.90 Å². The van der Waals surface area contributed by atoms with Crippen molar-refractivity contribution in [1.82, 2.24) is 0 Å². The number of anilines is 1. The van der Waals surface area contributed by atoms with E-state index < -0.39 is 6.10 Å². The molecule has 1 heterocycles. The summed E-state index contributed by atoms with van der Waals surface area (Å²) >= 11 is 3.37. The van der Waals surface area contributed by atoms with Crippen LogP contribution < -0.4 is 14.8 Å². The van der Waals surface area contributed by atoms with E-state index in [0.717, 1.165) is 10.9 Å². The molecule has 2 N–H and O–H groups in total. The fraction of sp³-hybridized carbons (Fsp3) is 0.316. The van der Waals surface area contributed by atoms with Crippen molar-refractivity contribution in [2.45, 2.75) is 25.9 Å². The molecule has 0 saturated carbocycles.